The first-order valence-electron chi connectivity index (χ1n) is 7.45. The monoisotopic (exact) mass is 380 g/mol. The lowest BCUT2D eigenvalue weighted by atomic mass is 10.3. The quantitative estimate of drug-likeness (QED) is 0.772. The van der Waals surface area contributed by atoms with Gasteiger partial charge in [0.1, 0.15) is 0 Å². The lowest BCUT2D eigenvalue weighted by Gasteiger charge is -2.13. The summed E-state index contributed by atoms with van der Waals surface area (Å²) in [7, 11) is -2.02. The van der Waals surface area contributed by atoms with E-state index in [-0.39, 0.29) is 6.54 Å². The van der Waals surface area contributed by atoms with Gasteiger partial charge in [-0.2, -0.15) is 4.31 Å². The molecule has 1 heterocycles. The molecule has 1 aromatic carbocycles. The van der Waals surface area contributed by atoms with Crippen LogP contribution in [-0.2, 0) is 14.8 Å². The molecule has 0 spiro atoms. The highest BCUT2D eigenvalue weighted by Gasteiger charge is 2.15. The van der Waals surface area contributed by atoms with Crippen LogP contribution in [0.2, 0.25) is 0 Å². The Balaban J connectivity index is 1.99. The van der Waals surface area contributed by atoms with Crippen molar-refractivity contribution in [2.45, 2.75) is 23.9 Å². The Morgan fingerprint density at radius 2 is 1.72 bits per heavy atom. The van der Waals surface area contributed by atoms with E-state index in [1.54, 1.807) is 12.1 Å². The van der Waals surface area contributed by atoms with Gasteiger partial charge < -0.3 is 5.32 Å². The minimum atomic E-state index is -3.38. The van der Waals surface area contributed by atoms with Crippen LogP contribution in [0.15, 0.2) is 40.4 Å². The van der Waals surface area contributed by atoms with E-state index in [0.717, 1.165) is 26.8 Å². The average molecular weight is 380 g/mol. The Morgan fingerprint density at radius 3 is 2.24 bits per heavy atom. The SMILES string of the molecule is Cc1cc(C)nc(Sc2ccc(NC(=O)CN(C)S(C)(=O)=O)cc2)n1. The molecule has 0 saturated heterocycles. The highest BCUT2D eigenvalue weighted by Crippen LogP contribution is 2.26. The average Bonchev–Trinajstić information content (AvgIpc) is 2.47. The Hall–Kier alpha value is -1.97. The number of likely N-dealkylation sites (N-methyl/N-ethyl adjacent to an activating group) is 1. The summed E-state index contributed by atoms with van der Waals surface area (Å²) in [5.74, 6) is -0.397. The molecule has 0 aliphatic carbocycles. The molecule has 0 atom stereocenters. The minimum Gasteiger partial charge on any atom is -0.325 e. The lowest BCUT2D eigenvalue weighted by Crippen LogP contribution is -2.34. The second-order valence-corrected chi connectivity index (χ2v) is 8.76. The molecule has 0 saturated carbocycles. The minimum absolute atomic E-state index is 0.230. The number of benzene rings is 1. The van der Waals surface area contributed by atoms with Crippen molar-refractivity contribution in [1.29, 1.82) is 0 Å². The molecule has 1 amide bonds. The summed E-state index contributed by atoms with van der Waals surface area (Å²) in [5, 5.41) is 3.34. The highest BCUT2D eigenvalue weighted by atomic mass is 32.2. The summed E-state index contributed by atoms with van der Waals surface area (Å²) in [6, 6.07) is 9.12. The van der Waals surface area contributed by atoms with E-state index in [0.29, 0.717) is 10.8 Å². The van der Waals surface area contributed by atoms with E-state index in [4.69, 9.17) is 0 Å². The van der Waals surface area contributed by atoms with Gasteiger partial charge in [-0.25, -0.2) is 18.4 Å². The van der Waals surface area contributed by atoms with E-state index >= 15 is 0 Å². The fourth-order valence-electron chi connectivity index (χ4n) is 1.97. The maximum atomic E-state index is 11.9. The van der Waals surface area contributed by atoms with E-state index in [9.17, 15) is 13.2 Å². The second-order valence-electron chi connectivity index (χ2n) is 5.63. The van der Waals surface area contributed by atoms with Crippen molar-refractivity contribution in [3.63, 3.8) is 0 Å². The van der Waals surface area contributed by atoms with Gasteiger partial charge in [-0.1, -0.05) is 0 Å². The van der Waals surface area contributed by atoms with Crippen molar-refractivity contribution in [3.8, 4) is 0 Å². The van der Waals surface area contributed by atoms with Gasteiger partial charge in [0.2, 0.25) is 15.9 Å². The predicted molar refractivity (Wildman–Crippen MR) is 98.2 cm³/mol. The first kappa shape index (κ1) is 19.4. The zero-order chi connectivity index (χ0) is 18.6. The van der Waals surface area contributed by atoms with E-state index in [1.165, 1.54) is 18.8 Å². The molecule has 0 aliphatic rings. The Labute approximate surface area is 151 Å². The third-order valence-electron chi connectivity index (χ3n) is 3.24. The van der Waals surface area contributed by atoms with Crippen molar-refractivity contribution >= 4 is 33.4 Å². The second kappa shape index (κ2) is 7.94. The molecule has 0 fully saturated rings. The van der Waals surface area contributed by atoms with Crippen LogP contribution in [0.1, 0.15) is 11.4 Å². The smallest absolute Gasteiger partial charge is 0.239 e. The number of aryl methyl sites for hydroxylation is 2. The molecule has 9 heteroatoms. The standard InChI is InChI=1S/C16H20N4O3S2/c1-11-9-12(2)18-16(17-11)24-14-7-5-13(6-8-14)19-15(21)10-20(3)25(4,22)23/h5-9H,10H2,1-4H3,(H,19,21). The third-order valence-corrected chi connectivity index (χ3v) is 5.38. The van der Waals surface area contributed by atoms with Gasteiger partial charge in [-0.05, 0) is 55.9 Å². The third kappa shape index (κ3) is 6.11. The van der Waals surface area contributed by atoms with Gasteiger partial charge in [-0.15, -0.1) is 0 Å². The highest BCUT2D eigenvalue weighted by molar-refractivity contribution is 7.99. The predicted octanol–water partition coefficient (Wildman–Crippen LogP) is 2.07. The molecular weight excluding hydrogens is 360 g/mol. The fraction of sp³-hybridized carbons (Fsp3) is 0.312. The summed E-state index contributed by atoms with van der Waals surface area (Å²) in [5.41, 5.74) is 2.42. The number of anilines is 1. The van der Waals surface area contributed by atoms with Gasteiger partial charge in [0.05, 0.1) is 12.8 Å². The number of carbonyl (C=O) groups excluding carboxylic acids is 1. The normalized spacial score (nSPS) is 11.6. The molecule has 0 radical (unpaired) electrons. The number of hydrogen-bond acceptors (Lipinski definition) is 6. The largest absolute Gasteiger partial charge is 0.325 e. The molecule has 7 nitrogen and oxygen atoms in total. The van der Waals surface area contributed by atoms with Gasteiger partial charge >= 0.3 is 0 Å². The first-order chi connectivity index (χ1) is 11.6. The molecule has 2 rings (SSSR count). The van der Waals surface area contributed by atoms with Crippen LogP contribution < -0.4 is 5.32 Å². The molecule has 1 aromatic heterocycles. The number of hydrogen-bond donors (Lipinski definition) is 1. The van der Waals surface area contributed by atoms with E-state index < -0.39 is 15.9 Å². The molecule has 0 unspecified atom stereocenters. The summed E-state index contributed by atoms with van der Waals surface area (Å²) in [4.78, 5) is 21.6. The number of amides is 1. The first-order valence-corrected chi connectivity index (χ1v) is 10.1. The van der Waals surface area contributed by atoms with Crippen LogP contribution >= 0.6 is 11.8 Å². The van der Waals surface area contributed by atoms with Crippen molar-refractivity contribution in [1.82, 2.24) is 14.3 Å². The van der Waals surface area contributed by atoms with Gasteiger partial charge in [0, 0.05) is 29.0 Å². The van der Waals surface area contributed by atoms with Crippen molar-refractivity contribution in [2.75, 3.05) is 25.2 Å². The van der Waals surface area contributed by atoms with Crippen molar-refractivity contribution in [3.05, 3.63) is 41.7 Å². The summed E-state index contributed by atoms with van der Waals surface area (Å²) < 4.78 is 23.6. The topological polar surface area (TPSA) is 92.3 Å². The zero-order valence-electron chi connectivity index (χ0n) is 14.5. The fourth-order valence-corrected chi connectivity index (χ4v) is 3.18. The Morgan fingerprint density at radius 1 is 1.16 bits per heavy atom. The van der Waals surface area contributed by atoms with Crippen molar-refractivity contribution < 1.29 is 13.2 Å². The van der Waals surface area contributed by atoms with Crippen LogP contribution in [-0.4, -0.2) is 48.4 Å². The number of carbonyl (C=O) groups is 1. The molecule has 1 N–H and O–H groups in total. The number of aromatic nitrogens is 2. The zero-order valence-corrected chi connectivity index (χ0v) is 16.1. The Bertz CT molecular complexity index is 847. The van der Waals surface area contributed by atoms with Gasteiger partial charge in [0.15, 0.2) is 5.16 Å². The van der Waals surface area contributed by atoms with E-state index in [1.807, 2.05) is 32.0 Å². The van der Waals surface area contributed by atoms with Gasteiger partial charge in [-0.3, -0.25) is 4.79 Å². The van der Waals surface area contributed by atoms with E-state index in [2.05, 4.69) is 15.3 Å². The number of nitrogens with one attached hydrogen (secondary N) is 1. The number of sulfonamides is 1. The molecule has 25 heavy (non-hydrogen) atoms. The maximum Gasteiger partial charge on any atom is 0.239 e. The molecule has 0 bridgehead atoms. The summed E-state index contributed by atoms with van der Waals surface area (Å²) in [6.45, 7) is 3.61. The summed E-state index contributed by atoms with van der Waals surface area (Å²) >= 11 is 1.44. The molecular formula is C16H20N4O3S2. The van der Waals surface area contributed by atoms with Gasteiger partial charge in [0.25, 0.3) is 0 Å². The van der Waals surface area contributed by atoms with Crippen LogP contribution in [0.5, 0.6) is 0 Å². The lowest BCUT2D eigenvalue weighted by molar-refractivity contribution is -0.116. The van der Waals surface area contributed by atoms with Crippen LogP contribution in [0.3, 0.4) is 0 Å². The van der Waals surface area contributed by atoms with Crippen LogP contribution in [0.4, 0.5) is 5.69 Å². The maximum absolute atomic E-state index is 11.9. The number of nitrogens with zero attached hydrogens (tertiary/aromatic N) is 3. The summed E-state index contributed by atoms with van der Waals surface area (Å²) in [6.07, 6.45) is 1.06. The molecule has 2 aromatic rings. The molecule has 0 aliphatic heterocycles. The number of rotatable bonds is 6. The Kier molecular flexibility index (Phi) is 6.15. The van der Waals surface area contributed by atoms with Crippen LogP contribution in [0, 0.1) is 13.8 Å². The van der Waals surface area contributed by atoms with Crippen LogP contribution in [0.25, 0.3) is 0 Å². The molecule has 134 valence electrons. The van der Waals surface area contributed by atoms with Crippen molar-refractivity contribution in [2.24, 2.45) is 0 Å².